The van der Waals surface area contributed by atoms with Crippen molar-refractivity contribution >= 4 is 0 Å². The third-order valence-electron chi connectivity index (χ3n) is 3.98. The largest absolute Gasteiger partial charge is 0.316 e. The molecular weight excluding hydrogens is 234 g/mol. The SMILES string of the molecule is Cc1ccc(-c2cc(C3CCCNC3)n(C)n2)cc1. The summed E-state index contributed by atoms with van der Waals surface area (Å²) in [5, 5.41) is 8.15. The van der Waals surface area contributed by atoms with Gasteiger partial charge in [0, 0.05) is 30.8 Å². The van der Waals surface area contributed by atoms with Crippen molar-refractivity contribution in [2.45, 2.75) is 25.7 Å². The smallest absolute Gasteiger partial charge is 0.0926 e. The van der Waals surface area contributed by atoms with E-state index in [-0.39, 0.29) is 0 Å². The zero-order chi connectivity index (χ0) is 13.2. The summed E-state index contributed by atoms with van der Waals surface area (Å²) < 4.78 is 2.05. The molecule has 100 valence electrons. The van der Waals surface area contributed by atoms with Crippen molar-refractivity contribution in [1.82, 2.24) is 15.1 Å². The molecule has 1 saturated heterocycles. The Morgan fingerprint density at radius 3 is 2.74 bits per heavy atom. The molecule has 0 amide bonds. The number of benzene rings is 1. The number of nitrogens with one attached hydrogen (secondary N) is 1. The molecule has 2 heterocycles. The van der Waals surface area contributed by atoms with E-state index in [1.165, 1.54) is 29.7 Å². The second kappa shape index (κ2) is 5.17. The van der Waals surface area contributed by atoms with Crippen molar-refractivity contribution in [3.63, 3.8) is 0 Å². The van der Waals surface area contributed by atoms with Crippen LogP contribution >= 0.6 is 0 Å². The van der Waals surface area contributed by atoms with Gasteiger partial charge < -0.3 is 5.32 Å². The minimum atomic E-state index is 0.602. The van der Waals surface area contributed by atoms with Crippen molar-refractivity contribution in [1.29, 1.82) is 0 Å². The maximum Gasteiger partial charge on any atom is 0.0926 e. The van der Waals surface area contributed by atoms with Gasteiger partial charge in [-0.3, -0.25) is 4.68 Å². The molecule has 0 aliphatic carbocycles. The zero-order valence-corrected chi connectivity index (χ0v) is 11.7. The highest BCUT2D eigenvalue weighted by Gasteiger charge is 2.19. The Morgan fingerprint density at radius 1 is 1.26 bits per heavy atom. The van der Waals surface area contributed by atoms with Crippen LogP contribution in [0.15, 0.2) is 30.3 Å². The number of hydrogen-bond acceptors (Lipinski definition) is 2. The van der Waals surface area contributed by atoms with Crippen LogP contribution in [0.2, 0.25) is 0 Å². The molecule has 0 spiro atoms. The maximum absolute atomic E-state index is 4.67. The highest BCUT2D eigenvalue weighted by Crippen LogP contribution is 2.27. The molecule has 1 unspecified atom stereocenters. The summed E-state index contributed by atoms with van der Waals surface area (Å²) >= 11 is 0. The Balaban J connectivity index is 1.90. The number of piperidine rings is 1. The van der Waals surface area contributed by atoms with E-state index in [1.54, 1.807) is 0 Å². The molecule has 0 radical (unpaired) electrons. The highest BCUT2D eigenvalue weighted by atomic mass is 15.3. The number of rotatable bonds is 2. The highest BCUT2D eigenvalue weighted by molar-refractivity contribution is 5.60. The fourth-order valence-electron chi connectivity index (χ4n) is 2.83. The second-order valence-electron chi connectivity index (χ2n) is 5.49. The molecule has 1 aliphatic heterocycles. The molecule has 2 aromatic rings. The summed E-state index contributed by atoms with van der Waals surface area (Å²) in [6.45, 7) is 4.34. The van der Waals surface area contributed by atoms with Gasteiger partial charge in [0.1, 0.15) is 0 Å². The van der Waals surface area contributed by atoms with Gasteiger partial charge >= 0.3 is 0 Å². The first-order chi connectivity index (χ1) is 9.24. The van der Waals surface area contributed by atoms with E-state index in [2.05, 4.69) is 54.7 Å². The van der Waals surface area contributed by atoms with Gasteiger partial charge in [0.25, 0.3) is 0 Å². The van der Waals surface area contributed by atoms with Gasteiger partial charge in [0.15, 0.2) is 0 Å². The molecule has 3 rings (SSSR count). The predicted molar refractivity (Wildman–Crippen MR) is 78.2 cm³/mol. The van der Waals surface area contributed by atoms with Crippen LogP contribution in [0.5, 0.6) is 0 Å². The normalized spacial score (nSPS) is 19.6. The molecule has 3 heteroatoms. The number of aryl methyl sites for hydroxylation is 2. The van der Waals surface area contributed by atoms with E-state index in [4.69, 9.17) is 0 Å². The maximum atomic E-state index is 4.67. The van der Waals surface area contributed by atoms with E-state index in [0.29, 0.717) is 5.92 Å². The summed E-state index contributed by atoms with van der Waals surface area (Å²) in [5.74, 6) is 0.602. The molecule has 1 aromatic carbocycles. The lowest BCUT2D eigenvalue weighted by Crippen LogP contribution is -2.29. The van der Waals surface area contributed by atoms with E-state index in [0.717, 1.165) is 18.8 Å². The minimum Gasteiger partial charge on any atom is -0.316 e. The van der Waals surface area contributed by atoms with Gasteiger partial charge in [-0.25, -0.2) is 0 Å². The quantitative estimate of drug-likeness (QED) is 0.894. The van der Waals surface area contributed by atoms with Crippen LogP contribution in [0.1, 0.15) is 30.0 Å². The first kappa shape index (κ1) is 12.4. The topological polar surface area (TPSA) is 29.9 Å². The van der Waals surface area contributed by atoms with Crippen molar-refractivity contribution in [2.75, 3.05) is 13.1 Å². The number of aromatic nitrogens is 2. The van der Waals surface area contributed by atoms with E-state index >= 15 is 0 Å². The first-order valence-electron chi connectivity index (χ1n) is 7.06. The van der Waals surface area contributed by atoms with Crippen molar-refractivity contribution in [3.8, 4) is 11.3 Å². The molecular formula is C16H21N3. The predicted octanol–water partition coefficient (Wildman–Crippen LogP) is 2.86. The van der Waals surface area contributed by atoms with Crippen molar-refractivity contribution < 1.29 is 0 Å². The van der Waals surface area contributed by atoms with Crippen molar-refractivity contribution in [3.05, 3.63) is 41.6 Å². The lowest BCUT2D eigenvalue weighted by Gasteiger charge is -2.22. The van der Waals surface area contributed by atoms with Gasteiger partial charge in [-0.1, -0.05) is 29.8 Å². The molecule has 1 aliphatic rings. The van der Waals surface area contributed by atoms with Crippen LogP contribution in [0.4, 0.5) is 0 Å². The van der Waals surface area contributed by atoms with Crippen LogP contribution in [-0.4, -0.2) is 22.9 Å². The summed E-state index contributed by atoms with van der Waals surface area (Å²) in [6.07, 6.45) is 2.52. The summed E-state index contributed by atoms with van der Waals surface area (Å²) in [5.41, 5.74) is 4.93. The Hall–Kier alpha value is -1.61. The number of nitrogens with zero attached hydrogens (tertiary/aromatic N) is 2. The molecule has 19 heavy (non-hydrogen) atoms. The first-order valence-corrected chi connectivity index (χ1v) is 7.06. The molecule has 1 aromatic heterocycles. The lowest BCUT2D eigenvalue weighted by molar-refractivity contribution is 0.441. The van der Waals surface area contributed by atoms with Crippen molar-refractivity contribution in [2.24, 2.45) is 7.05 Å². The standard InChI is InChI=1S/C16H21N3/c1-12-5-7-13(8-6-12)15-10-16(19(2)18-15)14-4-3-9-17-11-14/h5-8,10,14,17H,3-4,9,11H2,1-2H3. The zero-order valence-electron chi connectivity index (χ0n) is 11.7. The van der Waals surface area contributed by atoms with Crippen LogP contribution in [0, 0.1) is 6.92 Å². The Morgan fingerprint density at radius 2 is 2.05 bits per heavy atom. The Bertz CT molecular complexity index is 548. The Labute approximate surface area is 114 Å². The molecule has 0 saturated carbocycles. The average molecular weight is 255 g/mol. The van der Waals surface area contributed by atoms with Crippen LogP contribution < -0.4 is 5.32 Å². The average Bonchev–Trinajstić information content (AvgIpc) is 2.83. The summed E-state index contributed by atoms with van der Waals surface area (Å²) in [4.78, 5) is 0. The summed E-state index contributed by atoms with van der Waals surface area (Å²) in [7, 11) is 2.06. The van der Waals surface area contributed by atoms with Crippen LogP contribution in [0.25, 0.3) is 11.3 Å². The van der Waals surface area contributed by atoms with E-state index in [9.17, 15) is 0 Å². The monoisotopic (exact) mass is 255 g/mol. The molecule has 3 nitrogen and oxygen atoms in total. The van der Waals surface area contributed by atoms with E-state index < -0.39 is 0 Å². The third kappa shape index (κ3) is 2.56. The lowest BCUT2D eigenvalue weighted by atomic mass is 9.95. The van der Waals surface area contributed by atoms with E-state index in [1.807, 2.05) is 4.68 Å². The second-order valence-corrected chi connectivity index (χ2v) is 5.49. The fraction of sp³-hybridized carbons (Fsp3) is 0.438. The fourth-order valence-corrected chi connectivity index (χ4v) is 2.83. The third-order valence-corrected chi connectivity index (χ3v) is 3.98. The molecule has 1 atom stereocenters. The minimum absolute atomic E-state index is 0.602. The molecule has 1 fully saturated rings. The molecule has 0 bridgehead atoms. The van der Waals surface area contributed by atoms with Gasteiger partial charge in [-0.2, -0.15) is 5.10 Å². The molecule has 1 N–H and O–H groups in total. The van der Waals surface area contributed by atoms with Gasteiger partial charge in [0.05, 0.1) is 5.69 Å². The summed E-state index contributed by atoms with van der Waals surface area (Å²) in [6, 6.07) is 10.8. The van der Waals surface area contributed by atoms with Gasteiger partial charge in [-0.15, -0.1) is 0 Å². The van der Waals surface area contributed by atoms with Crippen LogP contribution in [-0.2, 0) is 7.05 Å². The Kier molecular flexibility index (Phi) is 3.38. The van der Waals surface area contributed by atoms with Crippen LogP contribution in [0.3, 0.4) is 0 Å². The number of hydrogen-bond donors (Lipinski definition) is 1. The van der Waals surface area contributed by atoms with Gasteiger partial charge in [0.2, 0.25) is 0 Å². The van der Waals surface area contributed by atoms with Gasteiger partial charge in [-0.05, 0) is 32.4 Å².